The monoisotopic (exact) mass is 399 g/mol. The van der Waals surface area contributed by atoms with Crippen LogP contribution >= 0.6 is 0 Å². The summed E-state index contributed by atoms with van der Waals surface area (Å²) >= 11 is 0. The molecule has 0 amide bonds. The van der Waals surface area contributed by atoms with Gasteiger partial charge in [0.05, 0.1) is 18.2 Å². The number of fused-ring (bicyclic) bond motifs is 1. The van der Waals surface area contributed by atoms with Gasteiger partial charge in [-0.1, -0.05) is 51.7 Å². The summed E-state index contributed by atoms with van der Waals surface area (Å²) in [7, 11) is 0. The van der Waals surface area contributed by atoms with Crippen molar-refractivity contribution in [3.05, 3.63) is 46.4 Å². The molecule has 5 nitrogen and oxygen atoms in total. The van der Waals surface area contributed by atoms with Crippen LogP contribution in [0.1, 0.15) is 81.6 Å². The van der Waals surface area contributed by atoms with E-state index in [0.717, 1.165) is 38.5 Å². The number of aromatic nitrogens is 1. The molecule has 2 N–H and O–H groups in total. The van der Waals surface area contributed by atoms with Crippen molar-refractivity contribution in [1.29, 1.82) is 0 Å². The fourth-order valence-corrected chi connectivity index (χ4v) is 4.53. The Labute approximate surface area is 172 Å². The fourth-order valence-electron chi connectivity index (χ4n) is 4.53. The van der Waals surface area contributed by atoms with Gasteiger partial charge in [-0.3, -0.25) is 9.59 Å². The van der Waals surface area contributed by atoms with Crippen molar-refractivity contribution in [3.8, 4) is 0 Å². The van der Waals surface area contributed by atoms with Gasteiger partial charge >= 0.3 is 0 Å². The SMILES string of the molecule is CC(C)C(CO)n1ccc2c(C(=O)CCC3(O)CCCCCC3)cccc2c1=O. The van der Waals surface area contributed by atoms with Gasteiger partial charge in [0.2, 0.25) is 0 Å². The van der Waals surface area contributed by atoms with Crippen LogP contribution in [0.4, 0.5) is 0 Å². The molecular weight excluding hydrogens is 366 g/mol. The van der Waals surface area contributed by atoms with Crippen LogP contribution in [-0.2, 0) is 0 Å². The van der Waals surface area contributed by atoms with E-state index in [0.29, 0.717) is 22.8 Å². The average Bonchev–Trinajstić information content (AvgIpc) is 2.93. The van der Waals surface area contributed by atoms with Crippen molar-refractivity contribution >= 4 is 16.6 Å². The normalized spacial score (nSPS) is 18.0. The number of benzene rings is 1. The molecule has 1 heterocycles. The lowest BCUT2D eigenvalue weighted by Crippen LogP contribution is -2.30. The third kappa shape index (κ3) is 4.78. The molecule has 0 saturated heterocycles. The summed E-state index contributed by atoms with van der Waals surface area (Å²) in [4.78, 5) is 26.0. The zero-order chi connectivity index (χ0) is 21.0. The highest BCUT2D eigenvalue weighted by atomic mass is 16.3. The molecule has 1 fully saturated rings. The van der Waals surface area contributed by atoms with Crippen molar-refractivity contribution in [3.63, 3.8) is 0 Å². The first-order chi connectivity index (χ1) is 13.9. The van der Waals surface area contributed by atoms with E-state index in [-0.39, 0.29) is 36.3 Å². The number of Topliss-reactive ketones (excluding diaryl/α,β-unsaturated/α-hetero) is 1. The van der Waals surface area contributed by atoms with E-state index in [2.05, 4.69) is 0 Å². The van der Waals surface area contributed by atoms with Gasteiger partial charge in [0.25, 0.3) is 5.56 Å². The zero-order valence-corrected chi connectivity index (χ0v) is 17.6. The van der Waals surface area contributed by atoms with E-state index >= 15 is 0 Å². The average molecular weight is 400 g/mol. The third-order valence-corrected chi connectivity index (χ3v) is 6.44. The van der Waals surface area contributed by atoms with Gasteiger partial charge in [-0.25, -0.2) is 0 Å². The lowest BCUT2D eigenvalue weighted by molar-refractivity contribution is 0.0148. The third-order valence-electron chi connectivity index (χ3n) is 6.44. The van der Waals surface area contributed by atoms with Gasteiger partial charge in [0, 0.05) is 23.6 Å². The van der Waals surface area contributed by atoms with Crippen LogP contribution in [0.3, 0.4) is 0 Å². The number of hydrogen-bond donors (Lipinski definition) is 2. The number of carbonyl (C=O) groups is 1. The summed E-state index contributed by atoms with van der Waals surface area (Å²) in [6.45, 7) is 3.83. The first-order valence-electron chi connectivity index (χ1n) is 10.9. The molecule has 0 bridgehead atoms. The fraction of sp³-hybridized carbons (Fsp3) is 0.583. The molecule has 2 aromatic rings. The van der Waals surface area contributed by atoms with E-state index in [1.165, 1.54) is 0 Å². The Morgan fingerprint density at radius 1 is 1.10 bits per heavy atom. The highest BCUT2D eigenvalue weighted by molar-refractivity contribution is 6.07. The predicted molar refractivity (Wildman–Crippen MR) is 115 cm³/mol. The van der Waals surface area contributed by atoms with E-state index in [1.54, 1.807) is 35.0 Å². The maximum absolute atomic E-state index is 13.0. The van der Waals surface area contributed by atoms with E-state index in [9.17, 15) is 19.8 Å². The smallest absolute Gasteiger partial charge is 0.258 e. The lowest BCUT2D eigenvalue weighted by Gasteiger charge is -2.26. The summed E-state index contributed by atoms with van der Waals surface area (Å²) < 4.78 is 1.56. The number of pyridine rings is 1. The predicted octanol–water partition coefficient (Wildman–Crippen LogP) is 4.24. The minimum atomic E-state index is -0.741. The highest BCUT2D eigenvalue weighted by Gasteiger charge is 2.29. The number of aliphatic hydroxyl groups excluding tert-OH is 1. The second-order valence-corrected chi connectivity index (χ2v) is 8.85. The maximum Gasteiger partial charge on any atom is 0.258 e. The second-order valence-electron chi connectivity index (χ2n) is 8.85. The van der Waals surface area contributed by atoms with Crippen LogP contribution in [0.2, 0.25) is 0 Å². The molecule has 1 saturated carbocycles. The van der Waals surface area contributed by atoms with Gasteiger partial charge < -0.3 is 14.8 Å². The molecule has 5 heteroatoms. The molecule has 3 rings (SSSR count). The van der Waals surface area contributed by atoms with Crippen LogP contribution in [0, 0.1) is 5.92 Å². The largest absolute Gasteiger partial charge is 0.394 e. The zero-order valence-electron chi connectivity index (χ0n) is 17.6. The number of carbonyl (C=O) groups excluding carboxylic acids is 1. The first kappa shape index (κ1) is 21.7. The van der Waals surface area contributed by atoms with Gasteiger partial charge in [0.15, 0.2) is 5.78 Å². The van der Waals surface area contributed by atoms with Gasteiger partial charge in [-0.2, -0.15) is 0 Å². The van der Waals surface area contributed by atoms with Crippen LogP contribution in [0.5, 0.6) is 0 Å². The second kappa shape index (κ2) is 9.23. The summed E-state index contributed by atoms with van der Waals surface area (Å²) in [6, 6.07) is 6.74. The highest BCUT2D eigenvalue weighted by Crippen LogP contribution is 2.31. The van der Waals surface area contributed by atoms with Crippen molar-refractivity contribution in [2.45, 2.75) is 76.9 Å². The Morgan fingerprint density at radius 3 is 2.41 bits per heavy atom. The van der Waals surface area contributed by atoms with Crippen molar-refractivity contribution in [2.24, 2.45) is 5.92 Å². The van der Waals surface area contributed by atoms with Crippen LogP contribution in [0.15, 0.2) is 35.3 Å². The Kier molecular flexibility index (Phi) is 6.91. The molecular formula is C24H33NO4. The van der Waals surface area contributed by atoms with Gasteiger partial charge in [-0.15, -0.1) is 0 Å². The number of nitrogens with zero attached hydrogens (tertiary/aromatic N) is 1. The number of aliphatic hydroxyl groups is 2. The van der Waals surface area contributed by atoms with Crippen LogP contribution < -0.4 is 5.56 Å². The molecule has 0 spiro atoms. The van der Waals surface area contributed by atoms with E-state index < -0.39 is 5.60 Å². The Balaban J connectivity index is 1.87. The topological polar surface area (TPSA) is 79.5 Å². The molecule has 0 radical (unpaired) electrons. The molecule has 29 heavy (non-hydrogen) atoms. The standard InChI is InChI=1S/C24H33NO4/c1-17(2)21(16-26)25-15-11-18-19(8-7-9-20(18)23(25)28)22(27)10-14-24(29)12-5-3-4-6-13-24/h7-9,11,15,17,21,26,29H,3-6,10,12-14,16H2,1-2H3. The van der Waals surface area contributed by atoms with Gasteiger partial charge in [0.1, 0.15) is 0 Å². The molecule has 0 aliphatic heterocycles. The van der Waals surface area contributed by atoms with Crippen LogP contribution in [0.25, 0.3) is 10.8 Å². The van der Waals surface area contributed by atoms with E-state index in [1.807, 2.05) is 13.8 Å². The number of ketones is 1. The molecule has 1 aromatic heterocycles. The van der Waals surface area contributed by atoms with Crippen molar-refractivity contribution < 1.29 is 15.0 Å². The van der Waals surface area contributed by atoms with Gasteiger partial charge in [-0.05, 0) is 42.7 Å². The lowest BCUT2D eigenvalue weighted by atomic mass is 9.87. The summed E-state index contributed by atoms with van der Waals surface area (Å²) in [5.74, 6) is 0.0771. The van der Waals surface area contributed by atoms with E-state index in [4.69, 9.17) is 0 Å². The summed E-state index contributed by atoms with van der Waals surface area (Å²) in [5.41, 5.74) is -0.393. The number of rotatable bonds is 7. The van der Waals surface area contributed by atoms with Crippen molar-refractivity contribution in [1.82, 2.24) is 4.57 Å². The first-order valence-corrected chi connectivity index (χ1v) is 10.9. The van der Waals surface area contributed by atoms with Crippen molar-refractivity contribution in [2.75, 3.05) is 6.61 Å². The minimum Gasteiger partial charge on any atom is -0.394 e. The quantitative estimate of drug-likeness (QED) is 0.539. The summed E-state index contributed by atoms with van der Waals surface area (Å²) in [6.07, 6.45) is 8.29. The molecule has 1 aliphatic rings. The Bertz CT molecular complexity index is 907. The Hall–Kier alpha value is -1.98. The molecule has 1 aliphatic carbocycles. The minimum absolute atomic E-state index is 0.0343. The Morgan fingerprint density at radius 2 is 1.79 bits per heavy atom. The maximum atomic E-state index is 13.0. The molecule has 1 aromatic carbocycles. The van der Waals surface area contributed by atoms with Crippen LogP contribution in [-0.4, -0.2) is 32.8 Å². The summed E-state index contributed by atoms with van der Waals surface area (Å²) in [5, 5.41) is 21.7. The molecule has 1 atom stereocenters. The molecule has 1 unspecified atom stereocenters. The number of hydrogen-bond acceptors (Lipinski definition) is 4. The molecule has 158 valence electrons.